The predicted molar refractivity (Wildman–Crippen MR) is 238 cm³/mol. The van der Waals surface area contributed by atoms with E-state index >= 15 is 0 Å². The zero-order valence-corrected chi connectivity index (χ0v) is 41.9. The summed E-state index contributed by atoms with van der Waals surface area (Å²) in [6.45, 7) is 26.2. The van der Waals surface area contributed by atoms with E-state index in [4.69, 9.17) is 30.6 Å². The molecule has 0 fully saturated rings. The summed E-state index contributed by atoms with van der Waals surface area (Å²) >= 11 is 0. The fraction of sp³-hybridized carbons (Fsp3) is 0.571. The van der Waals surface area contributed by atoms with Crippen LogP contribution in [0.25, 0.3) is 0 Å². The van der Waals surface area contributed by atoms with Crippen LogP contribution in [0, 0.1) is 0 Å². The Morgan fingerprint density at radius 1 is 0.281 bits per heavy atom. The van der Waals surface area contributed by atoms with Crippen molar-refractivity contribution in [2.75, 3.05) is 0 Å². The Morgan fingerprint density at radius 3 is 0.526 bits per heavy atom. The average molecular weight is 900 g/mol. The van der Waals surface area contributed by atoms with Crippen molar-refractivity contribution in [2.45, 2.75) is 160 Å². The van der Waals surface area contributed by atoms with Gasteiger partial charge in [0.2, 0.25) is 0 Å². The van der Waals surface area contributed by atoms with Gasteiger partial charge in [0.1, 0.15) is 0 Å². The van der Waals surface area contributed by atoms with Crippen molar-refractivity contribution < 1.29 is 0 Å². The van der Waals surface area contributed by atoms with Crippen LogP contribution in [0.4, 0.5) is 0 Å². The van der Waals surface area contributed by atoms with Gasteiger partial charge in [-0.1, -0.05) is 83.1 Å². The minimum atomic E-state index is -1.31. The molecule has 0 unspecified atom stereocenters. The Hall–Kier alpha value is -3.04. The second-order valence-corrected chi connectivity index (χ2v) is 14.9. The van der Waals surface area contributed by atoms with E-state index in [9.17, 15) is 0 Å². The molecule has 0 saturated heterocycles. The van der Waals surface area contributed by atoms with E-state index in [0.29, 0.717) is 0 Å². The molecule has 0 aliphatic carbocycles. The molecule has 0 N–H and O–H groups in total. The summed E-state index contributed by atoms with van der Waals surface area (Å²) in [6.07, 6.45) is 11.3. The van der Waals surface area contributed by atoms with Gasteiger partial charge < -0.3 is 27.6 Å². The van der Waals surface area contributed by atoms with Crippen molar-refractivity contribution in [2.24, 2.45) is 0 Å². The molecule has 0 spiro atoms. The van der Waals surface area contributed by atoms with Gasteiger partial charge >= 0.3 is 63.1 Å². The van der Waals surface area contributed by atoms with Crippen molar-refractivity contribution in [1.82, 2.24) is 58.1 Å². The molecular formula is C42H68B2BaN12. The van der Waals surface area contributed by atoms with E-state index in [0.717, 1.165) is 111 Å². The van der Waals surface area contributed by atoms with Gasteiger partial charge in [-0.3, -0.25) is 0 Å². The summed E-state index contributed by atoms with van der Waals surface area (Å²) in [4.78, 5) is 0. The Bertz CT molecular complexity index is 1760. The molecule has 0 aromatic carbocycles. The molecule has 0 aliphatic rings. The minimum absolute atomic E-state index is 0. The normalized spacial score (nSPS) is 11.5. The van der Waals surface area contributed by atoms with Crippen LogP contribution in [0.15, 0.2) is 36.4 Å². The summed E-state index contributed by atoms with van der Waals surface area (Å²) < 4.78 is 13.3. The topological polar surface area (TPSA) is 107 Å². The van der Waals surface area contributed by atoms with Gasteiger partial charge in [0.05, 0.1) is 34.2 Å². The van der Waals surface area contributed by atoms with Crippen molar-refractivity contribution in [3.63, 3.8) is 0 Å². The summed E-state index contributed by atoms with van der Waals surface area (Å²) in [7, 11) is -2.62. The third-order valence-corrected chi connectivity index (χ3v) is 11.4. The van der Waals surface area contributed by atoms with Crippen LogP contribution in [-0.4, -0.2) is 121 Å². The van der Waals surface area contributed by atoms with E-state index in [1.165, 1.54) is 34.2 Å². The molecule has 0 bridgehead atoms. The summed E-state index contributed by atoms with van der Waals surface area (Å²) in [5.74, 6) is 0. The van der Waals surface area contributed by atoms with E-state index in [1.807, 2.05) is 0 Å². The number of aryl methyl sites for hydroxylation is 12. The monoisotopic (exact) mass is 900 g/mol. The first-order valence-electron chi connectivity index (χ1n) is 22.0. The zero-order valence-electron chi connectivity index (χ0n) is 37.4. The second-order valence-electron chi connectivity index (χ2n) is 14.9. The fourth-order valence-electron chi connectivity index (χ4n) is 8.06. The van der Waals surface area contributed by atoms with Crippen molar-refractivity contribution in [3.05, 3.63) is 105 Å². The second kappa shape index (κ2) is 21.8. The van der Waals surface area contributed by atoms with E-state index in [2.05, 4.69) is 147 Å². The van der Waals surface area contributed by atoms with Crippen LogP contribution in [0.3, 0.4) is 0 Å². The standard InChI is InChI=1S/2C21H34BN6.Ba/c2*1-7-16-13-19(10-4)26(23-16)22(27-20(11-5)14-17(8-2)24-27)28-21(12-6)15-18(9-3)25-28;/h2*13-15,22H,7-12H2,1-6H3;/q2*-1;+2. The van der Waals surface area contributed by atoms with Gasteiger partial charge in [-0.15, -0.1) is 0 Å². The SMILES string of the molecule is CCc1cc(CC)n([BH-](n2nc(CC)cc2CC)n2nc(CC)cc2CC)n1.CCc1cc(CC)n([BH-](n2nc(CC)cc2CC)n2nc(CC)cc2CC)n1.[Ba+2]. The van der Waals surface area contributed by atoms with Gasteiger partial charge in [-0.05, 0) is 148 Å². The quantitative estimate of drug-likeness (QED) is 0.0947. The number of hydrogen-bond donors (Lipinski definition) is 0. The molecule has 0 atom stereocenters. The smallest absolute Gasteiger partial charge is 0.400 e. The van der Waals surface area contributed by atoms with Crippen molar-refractivity contribution in [3.8, 4) is 0 Å². The van der Waals surface area contributed by atoms with Gasteiger partial charge in [-0.2, -0.15) is 0 Å². The number of rotatable bonds is 18. The predicted octanol–water partition coefficient (Wildman–Crippen LogP) is 6.24. The third kappa shape index (κ3) is 10.1. The van der Waals surface area contributed by atoms with Gasteiger partial charge in [-0.25, -0.2) is 30.6 Å². The van der Waals surface area contributed by atoms with Crippen LogP contribution in [0.2, 0.25) is 0 Å². The maximum Gasteiger partial charge on any atom is 2.00 e. The molecule has 0 amide bonds. The van der Waals surface area contributed by atoms with E-state index < -0.39 is 14.2 Å². The number of hydrogen-bond acceptors (Lipinski definition) is 6. The maximum absolute atomic E-state index is 5.01. The zero-order chi connectivity index (χ0) is 40.5. The summed E-state index contributed by atoms with van der Waals surface area (Å²) in [5, 5.41) is 30.0. The average Bonchev–Trinajstić information content (AvgIpc) is 4.10. The molecule has 6 aromatic rings. The molecule has 0 radical (unpaired) electrons. The Morgan fingerprint density at radius 2 is 0.421 bits per heavy atom. The van der Waals surface area contributed by atoms with E-state index in [-0.39, 0.29) is 48.9 Å². The van der Waals surface area contributed by atoms with E-state index in [1.54, 1.807) is 0 Å². The fourth-order valence-corrected chi connectivity index (χ4v) is 8.06. The molecule has 6 aromatic heterocycles. The Kier molecular flexibility index (Phi) is 17.9. The molecule has 57 heavy (non-hydrogen) atoms. The first kappa shape index (κ1) is 46.6. The molecule has 6 heterocycles. The molecule has 304 valence electrons. The van der Waals surface area contributed by atoms with Gasteiger partial charge in [0.15, 0.2) is 0 Å². The number of aromatic nitrogens is 12. The minimum Gasteiger partial charge on any atom is -0.400 e. The largest absolute Gasteiger partial charge is 2.00 e. The first-order valence-corrected chi connectivity index (χ1v) is 22.0. The van der Waals surface area contributed by atoms with Crippen LogP contribution in [-0.2, 0) is 77.0 Å². The molecular weight excluding hydrogens is 831 g/mol. The van der Waals surface area contributed by atoms with Crippen LogP contribution >= 0.6 is 0 Å². The Balaban J connectivity index is 0.000000248. The molecule has 0 saturated carbocycles. The summed E-state index contributed by atoms with van der Waals surface area (Å²) in [6, 6.07) is 13.5. The van der Waals surface area contributed by atoms with Crippen molar-refractivity contribution in [1.29, 1.82) is 0 Å². The maximum atomic E-state index is 5.01. The summed E-state index contributed by atoms with van der Waals surface area (Å²) in [5.41, 5.74) is 14.3. The molecule has 0 aliphatic heterocycles. The molecule has 12 nitrogen and oxygen atoms in total. The van der Waals surface area contributed by atoms with Crippen LogP contribution in [0.5, 0.6) is 0 Å². The van der Waals surface area contributed by atoms with Gasteiger partial charge in [0, 0.05) is 0 Å². The Labute approximate surface area is 382 Å². The molecule has 15 heteroatoms. The third-order valence-electron chi connectivity index (χ3n) is 11.4. The van der Waals surface area contributed by atoms with Crippen molar-refractivity contribution >= 4 is 63.1 Å². The number of nitrogens with zero attached hydrogens (tertiary/aromatic N) is 12. The first-order chi connectivity index (χ1) is 27.2. The molecule has 6 rings (SSSR count). The van der Waals surface area contributed by atoms with Gasteiger partial charge in [0.25, 0.3) is 0 Å². The van der Waals surface area contributed by atoms with Crippen LogP contribution in [0.1, 0.15) is 151 Å². The van der Waals surface area contributed by atoms with Crippen LogP contribution < -0.4 is 0 Å².